The number of thiol groups is 1. The maximum atomic E-state index is 4.29. The molecule has 1 heteroatoms. The van der Waals surface area contributed by atoms with E-state index in [0.717, 1.165) is 24.2 Å². The Kier molecular flexibility index (Phi) is 4.27. The molecule has 0 aromatic heterocycles. The highest BCUT2D eigenvalue weighted by molar-refractivity contribution is 7.80. The van der Waals surface area contributed by atoms with Gasteiger partial charge in [0.05, 0.1) is 0 Å². The fourth-order valence-corrected chi connectivity index (χ4v) is 2.04. The highest BCUT2D eigenvalue weighted by Crippen LogP contribution is 2.12. The minimum atomic E-state index is 1.03. The van der Waals surface area contributed by atoms with Gasteiger partial charge in [-0.25, -0.2) is 0 Å². The van der Waals surface area contributed by atoms with E-state index in [0.29, 0.717) is 0 Å². The first-order valence-electron chi connectivity index (χ1n) is 6.13. The average Bonchev–Trinajstić information content (AvgIpc) is 2.39. The van der Waals surface area contributed by atoms with E-state index in [1.54, 1.807) is 0 Å². The summed E-state index contributed by atoms with van der Waals surface area (Å²) >= 11 is 4.29. The van der Waals surface area contributed by atoms with Crippen molar-refractivity contribution in [2.24, 2.45) is 0 Å². The third-order valence-electron chi connectivity index (χ3n) is 3.07. The minimum absolute atomic E-state index is 1.03. The fraction of sp³-hybridized carbons (Fsp3) is 0.250. The molecule has 2 rings (SSSR count). The van der Waals surface area contributed by atoms with Gasteiger partial charge in [0.2, 0.25) is 0 Å². The summed E-state index contributed by atoms with van der Waals surface area (Å²) in [5, 5.41) is 0. The maximum Gasteiger partial charge on any atom is 0.00401 e. The van der Waals surface area contributed by atoms with Crippen molar-refractivity contribution in [3.05, 3.63) is 65.2 Å². The van der Waals surface area contributed by atoms with E-state index in [-0.39, 0.29) is 0 Å². The summed E-state index contributed by atoms with van der Waals surface area (Å²) in [5.74, 6) is 0. The number of aryl methyl sites for hydroxylation is 3. The molecule has 0 atom stereocenters. The van der Waals surface area contributed by atoms with Gasteiger partial charge in [-0.15, -0.1) is 12.6 Å². The Hall–Kier alpha value is -1.21. The number of rotatable bonds is 4. The minimum Gasteiger partial charge on any atom is -0.143 e. The smallest absolute Gasteiger partial charge is 0.00401 e. The highest BCUT2D eigenvalue weighted by atomic mass is 32.1. The Morgan fingerprint density at radius 1 is 0.706 bits per heavy atom. The van der Waals surface area contributed by atoms with Gasteiger partial charge < -0.3 is 0 Å². The molecule has 0 saturated carbocycles. The van der Waals surface area contributed by atoms with E-state index >= 15 is 0 Å². The molecule has 0 aliphatic heterocycles. The first-order chi connectivity index (χ1) is 8.28. The molecule has 0 heterocycles. The average molecular weight is 242 g/mol. The Labute approximate surface area is 109 Å². The van der Waals surface area contributed by atoms with Crippen LogP contribution in [-0.4, -0.2) is 0 Å². The van der Waals surface area contributed by atoms with Crippen LogP contribution in [0.2, 0.25) is 0 Å². The van der Waals surface area contributed by atoms with Crippen molar-refractivity contribution in [2.75, 3.05) is 0 Å². The van der Waals surface area contributed by atoms with Crippen LogP contribution in [-0.2, 0) is 19.3 Å². The normalized spacial score (nSPS) is 10.5. The van der Waals surface area contributed by atoms with Crippen LogP contribution in [0.15, 0.2) is 53.4 Å². The van der Waals surface area contributed by atoms with Crippen molar-refractivity contribution in [1.82, 2.24) is 0 Å². The summed E-state index contributed by atoms with van der Waals surface area (Å²) in [6, 6.07) is 17.4. The van der Waals surface area contributed by atoms with E-state index in [1.807, 2.05) is 0 Å². The monoisotopic (exact) mass is 242 g/mol. The van der Waals surface area contributed by atoms with Crippen LogP contribution in [0.4, 0.5) is 0 Å². The molecule has 0 nitrogen and oxygen atoms in total. The van der Waals surface area contributed by atoms with Crippen molar-refractivity contribution in [3.8, 4) is 0 Å². The first-order valence-corrected chi connectivity index (χ1v) is 6.58. The molecule has 0 fully saturated rings. The first kappa shape index (κ1) is 12.3. The third-order valence-corrected chi connectivity index (χ3v) is 3.37. The molecule has 0 aliphatic carbocycles. The van der Waals surface area contributed by atoms with Gasteiger partial charge >= 0.3 is 0 Å². The molecule has 2 aromatic carbocycles. The van der Waals surface area contributed by atoms with Gasteiger partial charge in [0.1, 0.15) is 0 Å². The second-order valence-electron chi connectivity index (χ2n) is 4.34. The molecule has 0 N–H and O–H groups in total. The lowest BCUT2D eigenvalue weighted by atomic mass is 10.0. The van der Waals surface area contributed by atoms with E-state index < -0.39 is 0 Å². The van der Waals surface area contributed by atoms with Crippen molar-refractivity contribution < 1.29 is 0 Å². The number of hydrogen-bond acceptors (Lipinski definition) is 1. The molecule has 0 bridgehead atoms. The van der Waals surface area contributed by atoms with Gasteiger partial charge in [0.15, 0.2) is 0 Å². The van der Waals surface area contributed by atoms with Gasteiger partial charge in [0, 0.05) is 4.90 Å². The van der Waals surface area contributed by atoms with E-state index in [9.17, 15) is 0 Å². The van der Waals surface area contributed by atoms with Crippen LogP contribution in [0.1, 0.15) is 23.6 Å². The van der Waals surface area contributed by atoms with Crippen LogP contribution in [0, 0.1) is 0 Å². The molecule has 0 amide bonds. The zero-order chi connectivity index (χ0) is 12.1. The van der Waals surface area contributed by atoms with E-state index in [4.69, 9.17) is 0 Å². The van der Waals surface area contributed by atoms with Crippen LogP contribution < -0.4 is 0 Å². The van der Waals surface area contributed by atoms with Crippen LogP contribution >= 0.6 is 12.6 Å². The molecular weight excluding hydrogens is 224 g/mol. The van der Waals surface area contributed by atoms with Gasteiger partial charge in [-0.1, -0.05) is 43.3 Å². The lowest BCUT2D eigenvalue weighted by Crippen LogP contribution is -1.91. The maximum absolute atomic E-state index is 4.29. The summed E-state index contributed by atoms with van der Waals surface area (Å²) in [6.07, 6.45) is 3.32. The molecule has 88 valence electrons. The van der Waals surface area contributed by atoms with Crippen molar-refractivity contribution >= 4 is 12.6 Å². The third kappa shape index (κ3) is 3.64. The number of benzene rings is 2. The quantitative estimate of drug-likeness (QED) is 0.758. The van der Waals surface area contributed by atoms with Gasteiger partial charge in [-0.05, 0) is 48.1 Å². The standard InChI is InChI=1S/C16H18S/c1-2-13-3-5-14(6-4-13)7-8-15-9-11-16(17)12-10-15/h3-6,9-12,17H,2,7-8H2,1H3. The molecule has 0 aliphatic rings. The molecule has 0 saturated heterocycles. The van der Waals surface area contributed by atoms with E-state index in [1.165, 1.54) is 16.7 Å². The SMILES string of the molecule is CCc1ccc(CCc2ccc(S)cc2)cc1. The lowest BCUT2D eigenvalue weighted by Gasteiger charge is -2.04. The molecular formula is C16H18S. The summed E-state index contributed by atoms with van der Waals surface area (Å²) in [5.41, 5.74) is 4.20. The van der Waals surface area contributed by atoms with Crippen LogP contribution in [0.5, 0.6) is 0 Å². The van der Waals surface area contributed by atoms with E-state index in [2.05, 4.69) is 68.1 Å². The molecule has 0 unspecified atom stereocenters. The van der Waals surface area contributed by atoms with Crippen molar-refractivity contribution in [1.29, 1.82) is 0 Å². The second-order valence-corrected chi connectivity index (χ2v) is 4.85. The van der Waals surface area contributed by atoms with Crippen LogP contribution in [0.3, 0.4) is 0 Å². The summed E-state index contributed by atoms with van der Waals surface area (Å²) < 4.78 is 0. The molecule has 17 heavy (non-hydrogen) atoms. The zero-order valence-electron chi connectivity index (χ0n) is 10.2. The Bertz CT molecular complexity index is 454. The predicted octanol–water partition coefficient (Wildman–Crippen LogP) is 4.32. The lowest BCUT2D eigenvalue weighted by molar-refractivity contribution is 0.955. The Balaban J connectivity index is 1.95. The Morgan fingerprint density at radius 2 is 1.12 bits per heavy atom. The zero-order valence-corrected chi connectivity index (χ0v) is 11.1. The fourth-order valence-electron chi connectivity index (χ4n) is 1.89. The number of hydrogen-bond donors (Lipinski definition) is 1. The van der Waals surface area contributed by atoms with Gasteiger partial charge in [-0.3, -0.25) is 0 Å². The largest absolute Gasteiger partial charge is 0.143 e. The Morgan fingerprint density at radius 3 is 1.59 bits per heavy atom. The molecule has 0 radical (unpaired) electrons. The topological polar surface area (TPSA) is 0 Å². The van der Waals surface area contributed by atoms with Gasteiger partial charge in [0.25, 0.3) is 0 Å². The predicted molar refractivity (Wildman–Crippen MR) is 76.9 cm³/mol. The molecule has 0 spiro atoms. The van der Waals surface area contributed by atoms with Crippen molar-refractivity contribution in [2.45, 2.75) is 31.1 Å². The molecule has 2 aromatic rings. The van der Waals surface area contributed by atoms with Crippen molar-refractivity contribution in [3.63, 3.8) is 0 Å². The summed E-state index contributed by atoms with van der Waals surface area (Å²) in [7, 11) is 0. The van der Waals surface area contributed by atoms with Gasteiger partial charge in [-0.2, -0.15) is 0 Å². The summed E-state index contributed by atoms with van der Waals surface area (Å²) in [6.45, 7) is 2.19. The van der Waals surface area contributed by atoms with Crippen LogP contribution in [0.25, 0.3) is 0 Å². The highest BCUT2D eigenvalue weighted by Gasteiger charge is 1.96. The second kappa shape index (κ2) is 5.92. The summed E-state index contributed by atoms with van der Waals surface area (Å²) in [4.78, 5) is 1.03.